The maximum absolute atomic E-state index is 9.29. The highest BCUT2D eigenvalue weighted by Gasteiger charge is 1.98. The number of unbranched alkanes of at least 4 members (excludes halogenated alkanes) is 1. The average Bonchev–Trinajstić information content (AvgIpc) is 2.75. The number of imidazole rings is 1. The van der Waals surface area contributed by atoms with Crippen molar-refractivity contribution >= 4 is 0 Å². The number of nitrogens with zero attached hydrogens (tertiary/aromatic N) is 2. The van der Waals surface area contributed by atoms with Crippen LogP contribution in [0.5, 0.6) is 0 Å². The van der Waals surface area contributed by atoms with Crippen molar-refractivity contribution in [3.63, 3.8) is 0 Å². The summed E-state index contributed by atoms with van der Waals surface area (Å²) in [4.78, 5) is 3.99. The van der Waals surface area contributed by atoms with E-state index in [4.69, 9.17) is 0 Å². The molecule has 1 heterocycles. The van der Waals surface area contributed by atoms with Crippen LogP contribution in [0.4, 0.5) is 0 Å². The summed E-state index contributed by atoms with van der Waals surface area (Å²) in [5.41, 5.74) is 0. The Morgan fingerprint density at radius 3 is 3.00 bits per heavy atom. The first-order valence-electron chi connectivity index (χ1n) is 5.67. The summed E-state index contributed by atoms with van der Waals surface area (Å²) in [6, 6.07) is 0. The Labute approximate surface area is 91.3 Å². The normalized spacial score (nSPS) is 12.9. The number of aliphatic hydroxyl groups excluding tert-OH is 1. The van der Waals surface area contributed by atoms with Crippen LogP contribution in [0.3, 0.4) is 0 Å². The zero-order chi connectivity index (χ0) is 10.9. The molecule has 0 bridgehead atoms. The zero-order valence-electron chi connectivity index (χ0n) is 9.39. The van der Waals surface area contributed by atoms with Gasteiger partial charge in [-0.25, -0.2) is 4.98 Å². The number of hydrogen-bond acceptors (Lipinski definition) is 3. The molecule has 0 saturated carbocycles. The molecule has 0 aliphatic carbocycles. The minimum absolute atomic E-state index is 0.196. The van der Waals surface area contributed by atoms with E-state index in [-0.39, 0.29) is 6.10 Å². The molecule has 1 unspecified atom stereocenters. The fourth-order valence-electron chi connectivity index (χ4n) is 1.38. The Morgan fingerprint density at radius 2 is 2.33 bits per heavy atom. The van der Waals surface area contributed by atoms with Gasteiger partial charge in [0, 0.05) is 25.5 Å². The van der Waals surface area contributed by atoms with Gasteiger partial charge in [0.2, 0.25) is 0 Å². The summed E-state index contributed by atoms with van der Waals surface area (Å²) in [5, 5.41) is 12.5. The Bertz CT molecular complexity index is 236. The molecule has 15 heavy (non-hydrogen) atoms. The second-order valence-corrected chi connectivity index (χ2v) is 3.77. The lowest BCUT2D eigenvalue weighted by atomic mass is 10.2. The molecule has 2 N–H and O–H groups in total. The third kappa shape index (κ3) is 5.54. The quantitative estimate of drug-likeness (QED) is 0.631. The molecular weight excluding hydrogens is 190 g/mol. The van der Waals surface area contributed by atoms with Crippen LogP contribution in [0, 0.1) is 0 Å². The molecule has 0 radical (unpaired) electrons. The molecule has 86 valence electrons. The Balaban J connectivity index is 1.89. The van der Waals surface area contributed by atoms with Gasteiger partial charge in [-0.2, -0.15) is 0 Å². The van der Waals surface area contributed by atoms with E-state index in [2.05, 4.69) is 14.9 Å². The van der Waals surface area contributed by atoms with Crippen molar-refractivity contribution in [2.24, 2.45) is 0 Å². The van der Waals surface area contributed by atoms with Crippen molar-refractivity contribution in [2.75, 3.05) is 13.1 Å². The molecule has 0 saturated heterocycles. The van der Waals surface area contributed by atoms with Crippen molar-refractivity contribution in [3.05, 3.63) is 18.7 Å². The summed E-state index contributed by atoms with van der Waals surface area (Å²) < 4.78 is 2.08. The van der Waals surface area contributed by atoms with Crippen molar-refractivity contribution in [1.29, 1.82) is 0 Å². The Morgan fingerprint density at radius 1 is 1.47 bits per heavy atom. The molecule has 0 spiro atoms. The van der Waals surface area contributed by atoms with E-state index in [1.807, 2.05) is 19.4 Å². The fourth-order valence-corrected chi connectivity index (χ4v) is 1.38. The molecule has 1 aromatic heterocycles. The number of aliphatic hydroxyl groups is 1. The number of rotatable bonds is 8. The van der Waals surface area contributed by atoms with E-state index in [9.17, 15) is 5.11 Å². The lowest BCUT2D eigenvalue weighted by molar-refractivity contribution is 0.167. The van der Waals surface area contributed by atoms with Gasteiger partial charge in [0.1, 0.15) is 0 Å². The van der Waals surface area contributed by atoms with Crippen LogP contribution in [0.15, 0.2) is 18.7 Å². The van der Waals surface area contributed by atoms with Gasteiger partial charge < -0.3 is 15.0 Å². The van der Waals surface area contributed by atoms with Crippen LogP contribution in [-0.2, 0) is 6.54 Å². The summed E-state index contributed by atoms with van der Waals surface area (Å²) in [6.45, 7) is 4.71. The van der Waals surface area contributed by atoms with Crippen LogP contribution in [0.1, 0.15) is 26.2 Å². The Kier molecular flexibility index (Phi) is 6.04. The maximum Gasteiger partial charge on any atom is 0.0945 e. The number of nitrogens with one attached hydrogen (secondary N) is 1. The molecule has 0 aromatic carbocycles. The predicted molar refractivity (Wildman–Crippen MR) is 60.6 cm³/mol. The highest BCUT2D eigenvalue weighted by molar-refractivity contribution is 4.73. The molecular formula is C11H21N3O. The van der Waals surface area contributed by atoms with Gasteiger partial charge in [-0.3, -0.25) is 0 Å². The predicted octanol–water partition coefficient (Wildman–Crippen LogP) is 1.02. The first-order chi connectivity index (χ1) is 7.33. The molecule has 0 amide bonds. The maximum atomic E-state index is 9.29. The van der Waals surface area contributed by atoms with Crippen LogP contribution in [0.25, 0.3) is 0 Å². The van der Waals surface area contributed by atoms with Crippen LogP contribution in [-0.4, -0.2) is 33.9 Å². The van der Waals surface area contributed by atoms with E-state index in [0.29, 0.717) is 6.54 Å². The van der Waals surface area contributed by atoms with Gasteiger partial charge in [-0.05, 0) is 25.8 Å². The summed E-state index contributed by atoms with van der Waals surface area (Å²) in [5.74, 6) is 0. The SMILES string of the molecule is CCC(O)CNCCCCn1ccnc1. The monoisotopic (exact) mass is 211 g/mol. The van der Waals surface area contributed by atoms with Gasteiger partial charge in [0.15, 0.2) is 0 Å². The minimum atomic E-state index is -0.196. The van der Waals surface area contributed by atoms with E-state index in [1.165, 1.54) is 0 Å². The fraction of sp³-hybridized carbons (Fsp3) is 0.727. The highest BCUT2D eigenvalue weighted by atomic mass is 16.3. The first-order valence-corrected chi connectivity index (χ1v) is 5.67. The van der Waals surface area contributed by atoms with Crippen molar-refractivity contribution in [3.8, 4) is 0 Å². The van der Waals surface area contributed by atoms with Crippen molar-refractivity contribution in [2.45, 2.75) is 38.8 Å². The first kappa shape index (κ1) is 12.2. The molecule has 0 aliphatic rings. The van der Waals surface area contributed by atoms with Gasteiger partial charge in [-0.15, -0.1) is 0 Å². The largest absolute Gasteiger partial charge is 0.392 e. The summed E-state index contributed by atoms with van der Waals surface area (Å²) >= 11 is 0. The van der Waals surface area contributed by atoms with E-state index < -0.39 is 0 Å². The van der Waals surface area contributed by atoms with Crippen molar-refractivity contribution < 1.29 is 5.11 Å². The van der Waals surface area contributed by atoms with Crippen molar-refractivity contribution in [1.82, 2.24) is 14.9 Å². The smallest absolute Gasteiger partial charge is 0.0945 e. The van der Waals surface area contributed by atoms with E-state index >= 15 is 0 Å². The second-order valence-electron chi connectivity index (χ2n) is 3.77. The van der Waals surface area contributed by atoms with Gasteiger partial charge >= 0.3 is 0 Å². The number of hydrogen-bond donors (Lipinski definition) is 2. The second kappa shape index (κ2) is 7.43. The molecule has 0 fully saturated rings. The standard InChI is InChI=1S/C11H21N3O/c1-2-11(15)9-12-5-3-4-7-14-8-6-13-10-14/h6,8,10-12,15H,2-5,7,9H2,1H3. The van der Waals surface area contributed by atoms with Gasteiger partial charge in [0.05, 0.1) is 12.4 Å². The van der Waals surface area contributed by atoms with Crippen LogP contribution >= 0.6 is 0 Å². The topological polar surface area (TPSA) is 50.1 Å². The molecule has 4 heteroatoms. The minimum Gasteiger partial charge on any atom is -0.392 e. The zero-order valence-corrected chi connectivity index (χ0v) is 9.39. The molecule has 0 aliphatic heterocycles. The third-order valence-corrected chi connectivity index (χ3v) is 2.43. The van der Waals surface area contributed by atoms with Gasteiger partial charge in [0.25, 0.3) is 0 Å². The van der Waals surface area contributed by atoms with E-state index in [0.717, 1.165) is 32.4 Å². The molecule has 4 nitrogen and oxygen atoms in total. The van der Waals surface area contributed by atoms with Crippen LogP contribution in [0.2, 0.25) is 0 Å². The lowest BCUT2D eigenvalue weighted by Crippen LogP contribution is -2.27. The summed E-state index contributed by atoms with van der Waals surface area (Å²) in [7, 11) is 0. The average molecular weight is 211 g/mol. The molecule has 1 aromatic rings. The molecule has 1 atom stereocenters. The van der Waals surface area contributed by atoms with Gasteiger partial charge in [-0.1, -0.05) is 6.92 Å². The highest BCUT2D eigenvalue weighted by Crippen LogP contribution is 1.94. The van der Waals surface area contributed by atoms with E-state index in [1.54, 1.807) is 6.20 Å². The third-order valence-electron chi connectivity index (χ3n) is 2.43. The number of aromatic nitrogens is 2. The lowest BCUT2D eigenvalue weighted by Gasteiger charge is -2.09. The Hall–Kier alpha value is -0.870. The molecule has 1 rings (SSSR count). The number of aryl methyl sites for hydroxylation is 1. The summed E-state index contributed by atoms with van der Waals surface area (Å²) in [6.07, 6.45) is 8.53. The van der Waals surface area contributed by atoms with Crippen LogP contribution < -0.4 is 5.32 Å².